The van der Waals surface area contributed by atoms with E-state index in [2.05, 4.69) is 26.0 Å². The van der Waals surface area contributed by atoms with E-state index in [9.17, 15) is 0 Å². The summed E-state index contributed by atoms with van der Waals surface area (Å²) in [5.41, 5.74) is 1.08. The Bertz CT molecular complexity index is 416. The predicted molar refractivity (Wildman–Crippen MR) is 62.0 cm³/mol. The summed E-state index contributed by atoms with van der Waals surface area (Å²) in [4.78, 5) is 4.20. The number of aryl methyl sites for hydroxylation is 1. The zero-order valence-electron chi connectivity index (χ0n) is 7.51. The summed E-state index contributed by atoms with van der Waals surface area (Å²) < 4.78 is 2.82. The highest BCUT2D eigenvalue weighted by Gasteiger charge is 1.95. The molecule has 0 atom stereocenters. The average Bonchev–Trinajstić information content (AvgIpc) is 2.72. The first-order valence-corrected chi connectivity index (χ1v) is 5.63. The topological polar surface area (TPSA) is 30.7 Å². The molecular weight excluding hydrogens is 262 g/mol. The number of hydrogen-bond acceptors (Lipinski definition) is 3. The molecule has 0 saturated heterocycles. The van der Waals surface area contributed by atoms with Crippen LogP contribution in [0.4, 0.5) is 0 Å². The molecule has 0 radical (unpaired) electrons. The van der Waals surface area contributed by atoms with E-state index in [1.807, 2.05) is 31.6 Å². The molecule has 0 aliphatic heterocycles. The lowest BCUT2D eigenvalue weighted by molar-refractivity contribution is 0.767. The Balaban J connectivity index is 2.14. The second kappa shape index (κ2) is 4.06. The molecule has 0 saturated carbocycles. The van der Waals surface area contributed by atoms with Crippen molar-refractivity contribution in [1.29, 1.82) is 0 Å². The molecule has 0 aromatic carbocycles. The van der Waals surface area contributed by atoms with E-state index in [1.54, 1.807) is 22.2 Å². The summed E-state index contributed by atoms with van der Waals surface area (Å²) in [6.45, 7) is 0. The van der Waals surface area contributed by atoms with Gasteiger partial charge in [0, 0.05) is 18.8 Å². The second-order valence-corrected chi connectivity index (χ2v) is 5.22. The van der Waals surface area contributed by atoms with E-state index in [1.165, 1.54) is 0 Å². The lowest BCUT2D eigenvalue weighted by Crippen LogP contribution is -1.83. The van der Waals surface area contributed by atoms with Crippen molar-refractivity contribution in [2.24, 2.45) is 7.05 Å². The number of aromatic nitrogens is 3. The summed E-state index contributed by atoms with van der Waals surface area (Å²) >= 11 is 4.97. The Morgan fingerprint density at radius 3 is 2.86 bits per heavy atom. The molecular formula is C9H8BrN3S. The van der Waals surface area contributed by atoms with Crippen molar-refractivity contribution in [3.63, 3.8) is 0 Å². The molecule has 0 N–H and O–H groups in total. The fourth-order valence-electron chi connectivity index (χ4n) is 1.04. The maximum Gasteiger partial charge on any atom is 0.117 e. The number of hydrogen-bond donors (Lipinski definition) is 0. The van der Waals surface area contributed by atoms with Gasteiger partial charge in [0.05, 0.1) is 16.2 Å². The lowest BCUT2D eigenvalue weighted by atomic mass is 10.3. The van der Waals surface area contributed by atoms with Crippen LogP contribution in [0.5, 0.6) is 0 Å². The van der Waals surface area contributed by atoms with Gasteiger partial charge in [0.2, 0.25) is 0 Å². The third-order valence-electron chi connectivity index (χ3n) is 1.64. The van der Waals surface area contributed by atoms with Gasteiger partial charge in [-0.3, -0.25) is 4.68 Å². The van der Waals surface area contributed by atoms with Gasteiger partial charge in [0.1, 0.15) is 5.01 Å². The van der Waals surface area contributed by atoms with E-state index < -0.39 is 0 Å². The molecule has 0 amide bonds. The molecule has 0 aliphatic carbocycles. The highest BCUT2D eigenvalue weighted by Crippen LogP contribution is 2.20. The van der Waals surface area contributed by atoms with Gasteiger partial charge in [-0.05, 0) is 28.1 Å². The van der Waals surface area contributed by atoms with Crippen LogP contribution in [0.1, 0.15) is 10.6 Å². The smallest absolute Gasteiger partial charge is 0.117 e. The van der Waals surface area contributed by atoms with Gasteiger partial charge in [-0.1, -0.05) is 0 Å². The summed E-state index contributed by atoms with van der Waals surface area (Å²) in [7, 11) is 1.90. The fourth-order valence-corrected chi connectivity index (χ4v) is 2.18. The molecule has 72 valence electrons. The third kappa shape index (κ3) is 2.30. The molecule has 3 nitrogen and oxygen atoms in total. The maximum absolute atomic E-state index is 4.20. The van der Waals surface area contributed by atoms with Crippen molar-refractivity contribution in [1.82, 2.24) is 14.8 Å². The van der Waals surface area contributed by atoms with Crippen LogP contribution in [0.2, 0.25) is 0 Å². The van der Waals surface area contributed by atoms with Gasteiger partial charge in [-0.15, -0.1) is 11.3 Å². The molecule has 2 heterocycles. The molecule has 0 aliphatic rings. The first kappa shape index (κ1) is 9.61. The van der Waals surface area contributed by atoms with Crippen LogP contribution in [-0.2, 0) is 7.05 Å². The largest absolute Gasteiger partial charge is 0.275 e. The molecule has 0 bridgehead atoms. The quantitative estimate of drug-likeness (QED) is 0.840. The Hall–Kier alpha value is -0.940. The summed E-state index contributed by atoms with van der Waals surface area (Å²) in [5, 5.41) is 5.06. The van der Waals surface area contributed by atoms with Crippen molar-refractivity contribution in [3.8, 4) is 0 Å². The minimum absolute atomic E-state index is 0.987. The van der Waals surface area contributed by atoms with E-state index >= 15 is 0 Å². The highest BCUT2D eigenvalue weighted by atomic mass is 79.9. The molecule has 0 spiro atoms. The van der Waals surface area contributed by atoms with Crippen molar-refractivity contribution >= 4 is 39.4 Å². The van der Waals surface area contributed by atoms with Crippen LogP contribution >= 0.6 is 27.3 Å². The second-order valence-electron chi connectivity index (χ2n) is 2.78. The Labute approximate surface area is 94.2 Å². The van der Waals surface area contributed by atoms with Gasteiger partial charge in [-0.2, -0.15) is 5.10 Å². The molecule has 2 aromatic rings. The molecule has 0 unspecified atom stereocenters. The minimum Gasteiger partial charge on any atom is -0.275 e. The fraction of sp³-hybridized carbons (Fsp3) is 0.111. The van der Waals surface area contributed by atoms with Crippen LogP contribution < -0.4 is 0 Å². The van der Waals surface area contributed by atoms with Crippen molar-refractivity contribution < 1.29 is 0 Å². The first-order chi connectivity index (χ1) is 6.74. The van der Waals surface area contributed by atoms with Crippen molar-refractivity contribution in [2.75, 3.05) is 0 Å². The SMILES string of the molecule is Cn1cc(C=Cc2ncc(Br)s2)cn1. The van der Waals surface area contributed by atoms with Crippen LogP contribution in [0.25, 0.3) is 12.2 Å². The molecule has 0 fully saturated rings. The van der Waals surface area contributed by atoms with Crippen LogP contribution in [0.15, 0.2) is 22.4 Å². The van der Waals surface area contributed by atoms with Crippen LogP contribution in [-0.4, -0.2) is 14.8 Å². The Morgan fingerprint density at radius 2 is 2.29 bits per heavy atom. The average molecular weight is 270 g/mol. The number of thiazole rings is 1. The Morgan fingerprint density at radius 1 is 1.43 bits per heavy atom. The number of halogens is 1. The lowest BCUT2D eigenvalue weighted by Gasteiger charge is -1.82. The predicted octanol–water partition coefficient (Wildman–Crippen LogP) is 2.81. The highest BCUT2D eigenvalue weighted by molar-refractivity contribution is 9.11. The number of nitrogens with zero attached hydrogens (tertiary/aromatic N) is 3. The van der Waals surface area contributed by atoms with Gasteiger partial charge in [0.15, 0.2) is 0 Å². The summed E-state index contributed by atoms with van der Waals surface area (Å²) in [6, 6.07) is 0. The van der Waals surface area contributed by atoms with Gasteiger partial charge < -0.3 is 0 Å². The zero-order valence-corrected chi connectivity index (χ0v) is 9.92. The van der Waals surface area contributed by atoms with Gasteiger partial charge >= 0.3 is 0 Å². The van der Waals surface area contributed by atoms with Crippen molar-refractivity contribution in [2.45, 2.75) is 0 Å². The normalized spacial score (nSPS) is 11.3. The number of rotatable bonds is 2. The monoisotopic (exact) mass is 269 g/mol. The third-order valence-corrected chi connectivity index (χ3v) is 3.08. The van der Waals surface area contributed by atoms with Crippen LogP contribution in [0, 0.1) is 0 Å². The Kier molecular flexibility index (Phi) is 2.79. The van der Waals surface area contributed by atoms with Gasteiger partial charge in [0.25, 0.3) is 0 Å². The molecule has 2 rings (SSSR count). The summed E-state index contributed by atoms with van der Waals surface area (Å²) in [5.74, 6) is 0. The van der Waals surface area contributed by atoms with E-state index in [-0.39, 0.29) is 0 Å². The van der Waals surface area contributed by atoms with Crippen LogP contribution in [0.3, 0.4) is 0 Å². The molecule has 14 heavy (non-hydrogen) atoms. The standard InChI is InChI=1S/C9H8BrN3S/c1-13-6-7(4-12-13)2-3-9-11-5-8(10)14-9/h2-6H,1H3. The van der Waals surface area contributed by atoms with E-state index in [4.69, 9.17) is 0 Å². The van der Waals surface area contributed by atoms with Crippen molar-refractivity contribution in [3.05, 3.63) is 32.9 Å². The zero-order chi connectivity index (χ0) is 9.97. The molecule has 2 aromatic heterocycles. The van der Waals surface area contributed by atoms with Gasteiger partial charge in [-0.25, -0.2) is 4.98 Å². The maximum atomic E-state index is 4.20. The van der Waals surface area contributed by atoms with E-state index in [0.29, 0.717) is 0 Å². The minimum atomic E-state index is 0.987. The molecule has 5 heteroatoms. The first-order valence-electron chi connectivity index (χ1n) is 4.02. The van der Waals surface area contributed by atoms with E-state index in [0.717, 1.165) is 14.4 Å². The summed E-state index contributed by atoms with van der Waals surface area (Å²) in [6.07, 6.45) is 9.55.